The van der Waals surface area contributed by atoms with E-state index >= 15 is 0 Å². The van der Waals surface area contributed by atoms with Crippen LogP contribution in [0.1, 0.15) is 36.0 Å². The number of nitrogen functional groups attached to an aromatic ring is 1. The van der Waals surface area contributed by atoms with E-state index in [9.17, 15) is 9.59 Å². The van der Waals surface area contributed by atoms with Gasteiger partial charge in [-0.3, -0.25) is 4.79 Å². The largest absolute Gasteiger partial charge is 0.478 e. The Labute approximate surface area is 123 Å². The Balaban J connectivity index is 2.14. The number of nitrogens with zero attached hydrogens (tertiary/aromatic N) is 1. The molecule has 1 saturated carbocycles. The number of amides is 1. The van der Waals surface area contributed by atoms with Crippen molar-refractivity contribution >= 4 is 23.3 Å². The maximum Gasteiger partial charge on any atom is 0.335 e. The highest BCUT2D eigenvalue weighted by atomic mass is 16.5. The van der Waals surface area contributed by atoms with Gasteiger partial charge in [-0.2, -0.15) is 0 Å². The van der Waals surface area contributed by atoms with Gasteiger partial charge in [0, 0.05) is 14.2 Å². The van der Waals surface area contributed by atoms with E-state index in [2.05, 4.69) is 0 Å². The normalized spacial score (nSPS) is 16.1. The molecule has 0 unspecified atom stereocenters. The number of hydrogen-bond acceptors (Lipinski definition) is 4. The van der Waals surface area contributed by atoms with Crippen molar-refractivity contribution in [3.8, 4) is 0 Å². The smallest absolute Gasteiger partial charge is 0.335 e. The molecule has 21 heavy (non-hydrogen) atoms. The lowest BCUT2D eigenvalue weighted by atomic mass is 9.77. The molecular formula is C15H20N2O4. The number of hydrogen-bond donors (Lipinski definition) is 2. The Morgan fingerprint density at radius 1 is 1.43 bits per heavy atom. The third-order valence-electron chi connectivity index (χ3n) is 4.18. The molecular weight excluding hydrogens is 272 g/mol. The highest BCUT2D eigenvalue weighted by Crippen LogP contribution is 2.39. The number of ether oxygens (including phenoxy) is 1. The molecule has 2 rings (SSSR count). The minimum atomic E-state index is -1.05. The summed E-state index contributed by atoms with van der Waals surface area (Å²) >= 11 is 0. The summed E-state index contributed by atoms with van der Waals surface area (Å²) in [5, 5.41) is 8.92. The van der Waals surface area contributed by atoms with E-state index in [1.807, 2.05) is 0 Å². The zero-order valence-corrected chi connectivity index (χ0v) is 12.3. The number of anilines is 2. The molecule has 0 aliphatic heterocycles. The van der Waals surface area contributed by atoms with Crippen molar-refractivity contribution in [1.29, 1.82) is 0 Å². The van der Waals surface area contributed by atoms with E-state index in [1.54, 1.807) is 20.2 Å². The van der Waals surface area contributed by atoms with E-state index in [0.29, 0.717) is 12.1 Å². The Kier molecular flexibility index (Phi) is 4.18. The van der Waals surface area contributed by atoms with Gasteiger partial charge in [0.1, 0.15) is 0 Å². The summed E-state index contributed by atoms with van der Waals surface area (Å²) in [6.07, 6.45) is 3.15. The van der Waals surface area contributed by atoms with Gasteiger partial charge in [0.05, 0.1) is 29.0 Å². The standard InChI is InChI=1S/C15H20N2O4/c1-17(13(18)9-15(21-2)6-3-7-15)12-5-4-10(14(19)20)8-11(12)16/h4-5,8H,3,6-7,9,16H2,1-2H3,(H,19,20). The van der Waals surface area contributed by atoms with Gasteiger partial charge in [-0.05, 0) is 37.5 Å². The van der Waals surface area contributed by atoms with E-state index in [1.165, 1.54) is 17.0 Å². The molecule has 6 heteroatoms. The molecule has 6 nitrogen and oxygen atoms in total. The zero-order chi connectivity index (χ0) is 15.6. The van der Waals surface area contributed by atoms with Gasteiger partial charge in [0.15, 0.2) is 0 Å². The first-order chi connectivity index (χ1) is 9.88. The summed E-state index contributed by atoms with van der Waals surface area (Å²) in [5.74, 6) is -1.14. The van der Waals surface area contributed by atoms with Crippen molar-refractivity contribution in [1.82, 2.24) is 0 Å². The summed E-state index contributed by atoms with van der Waals surface area (Å²) in [4.78, 5) is 24.7. The van der Waals surface area contributed by atoms with Crippen LogP contribution in [0, 0.1) is 0 Å². The summed E-state index contributed by atoms with van der Waals surface area (Å²) < 4.78 is 5.45. The van der Waals surface area contributed by atoms with Crippen molar-refractivity contribution in [2.45, 2.75) is 31.3 Å². The van der Waals surface area contributed by atoms with Gasteiger partial charge < -0.3 is 20.5 Å². The van der Waals surface area contributed by atoms with Crippen LogP contribution in [0.4, 0.5) is 11.4 Å². The first kappa shape index (κ1) is 15.3. The van der Waals surface area contributed by atoms with Gasteiger partial charge in [0.25, 0.3) is 0 Å². The lowest BCUT2D eigenvalue weighted by Gasteiger charge is -2.40. The second-order valence-corrected chi connectivity index (χ2v) is 5.45. The summed E-state index contributed by atoms with van der Waals surface area (Å²) in [6, 6.07) is 4.35. The molecule has 1 aliphatic carbocycles. The number of carbonyl (C=O) groups excluding carboxylic acids is 1. The van der Waals surface area contributed by atoms with E-state index in [0.717, 1.165) is 19.3 Å². The van der Waals surface area contributed by atoms with Gasteiger partial charge >= 0.3 is 5.97 Å². The van der Waals surface area contributed by atoms with Gasteiger partial charge in [-0.15, -0.1) is 0 Å². The van der Waals surface area contributed by atoms with E-state index in [4.69, 9.17) is 15.6 Å². The number of rotatable bonds is 5. The van der Waals surface area contributed by atoms with Gasteiger partial charge in [-0.1, -0.05) is 0 Å². The summed E-state index contributed by atoms with van der Waals surface area (Å²) in [7, 11) is 3.26. The minimum absolute atomic E-state index is 0.0914. The number of carboxylic acids is 1. The van der Waals surface area contributed by atoms with E-state index < -0.39 is 5.97 Å². The van der Waals surface area contributed by atoms with Crippen LogP contribution in [0.5, 0.6) is 0 Å². The molecule has 0 saturated heterocycles. The first-order valence-electron chi connectivity index (χ1n) is 6.83. The summed E-state index contributed by atoms with van der Waals surface area (Å²) in [6.45, 7) is 0. The second kappa shape index (κ2) is 5.73. The van der Waals surface area contributed by atoms with Crippen LogP contribution in [0.2, 0.25) is 0 Å². The fraction of sp³-hybridized carbons (Fsp3) is 0.467. The molecule has 0 aromatic heterocycles. The maximum atomic E-state index is 12.4. The highest BCUT2D eigenvalue weighted by molar-refractivity contribution is 5.98. The molecule has 1 aliphatic rings. The maximum absolute atomic E-state index is 12.4. The number of nitrogens with two attached hydrogens (primary N) is 1. The molecule has 114 valence electrons. The minimum Gasteiger partial charge on any atom is -0.478 e. The first-order valence-corrected chi connectivity index (χ1v) is 6.83. The van der Waals surface area contributed by atoms with Crippen LogP contribution < -0.4 is 10.6 Å². The SMILES string of the molecule is COC1(CC(=O)N(C)c2ccc(C(=O)O)cc2N)CCC1. The van der Waals surface area contributed by atoms with Crippen LogP contribution in [0.25, 0.3) is 0 Å². The van der Waals surface area contributed by atoms with Crippen LogP contribution in [0.15, 0.2) is 18.2 Å². The molecule has 0 radical (unpaired) electrons. The number of methoxy groups -OCH3 is 1. The number of carbonyl (C=O) groups is 2. The van der Waals surface area contributed by atoms with Crippen molar-refractivity contribution in [2.24, 2.45) is 0 Å². The molecule has 0 spiro atoms. The van der Waals surface area contributed by atoms with Crippen molar-refractivity contribution in [3.63, 3.8) is 0 Å². The quantitative estimate of drug-likeness (QED) is 0.808. The number of benzene rings is 1. The molecule has 0 heterocycles. The van der Waals surface area contributed by atoms with Gasteiger partial charge in [-0.25, -0.2) is 4.79 Å². The van der Waals surface area contributed by atoms with Crippen molar-refractivity contribution in [3.05, 3.63) is 23.8 Å². The van der Waals surface area contributed by atoms with Crippen LogP contribution >= 0.6 is 0 Å². The molecule has 1 aromatic carbocycles. The third-order valence-corrected chi connectivity index (χ3v) is 4.18. The fourth-order valence-electron chi connectivity index (χ4n) is 2.55. The molecule has 0 atom stereocenters. The fourth-order valence-corrected chi connectivity index (χ4v) is 2.55. The Hall–Kier alpha value is -2.08. The van der Waals surface area contributed by atoms with Crippen molar-refractivity contribution in [2.75, 3.05) is 24.8 Å². The molecule has 0 bridgehead atoms. The van der Waals surface area contributed by atoms with Crippen LogP contribution in [-0.2, 0) is 9.53 Å². The van der Waals surface area contributed by atoms with Crippen molar-refractivity contribution < 1.29 is 19.4 Å². The predicted octanol–water partition coefficient (Wildman–Crippen LogP) is 1.89. The van der Waals surface area contributed by atoms with Crippen LogP contribution in [0.3, 0.4) is 0 Å². The third kappa shape index (κ3) is 3.00. The Morgan fingerprint density at radius 3 is 2.52 bits per heavy atom. The number of aromatic carboxylic acids is 1. The molecule has 1 aromatic rings. The Morgan fingerprint density at radius 2 is 2.10 bits per heavy atom. The molecule has 1 amide bonds. The Bertz CT molecular complexity index is 561. The predicted molar refractivity (Wildman–Crippen MR) is 79.4 cm³/mol. The molecule has 3 N–H and O–H groups in total. The number of carboxylic acid groups (broad SMARTS) is 1. The summed E-state index contributed by atoms with van der Waals surface area (Å²) in [5.41, 5.74) is 6.39. The zero-order valence-electron chi connectivity index (χ0n) is 12.3. The second-order valence-electron chi connectivity index (χ2n) is 5.45. The highest BCUT2D eigenvalue weighted by Gasteiger charge is 2.39. The monoisotopic (exact) mass is 292 g/mol. The lowest BCUT2D eigenvalue weighted by Crippen LogP contribution is -2.44. The topological polar surface area (TPSA) is 92.9 Å². The van der Waals surface area contributed by atoms with E-state index in [-0.39, 0.29) is 22.8 Å². The van der Waals surface area contributed by atoms with Gasteiger partial charge in [0.2, 0.25) is 5.91 Å². The lowest BCUT2D eigenvalue weighted by molar-refractivity contribution is -0.131. The average molecular weight is 292 g/mol. The average Bonchev–Trinajstić information content (AvgIpc) is 2.41. The molecule has 1 fully saturated rings. The van der Waals surface area contributed by atoms with Crippen LogP contribution in [-0.4, -0.2) is 36.7 Å².